The second-order valence-corrected chi connectivity index (χ2v) is 6.22. The molecule has 0 unspecified atom stereocenters. The number of carboxylic acid groups (broad SMARTS) is 1. The summed E-state index contributed by atoms with van der Waals surface area (Å²) in [6.07, 6.45) is -0.0160. The number of carboxylic acids is 1. The molecule has 0 spiro atoms. The van der Waals surface area contributed by atoms with E-state index in [9.17, 15) is 9.59 Å². The number of carbonyl (C=O) groups excluding carboxylic acids is 1. The third-order valence-electron chi connectivity index (χ3n) is 3.94. The largest absolute Gasteiger partial charge is 0.481 e. The Bertz CT molecular complexity index is 746. The fraction of sp³-hybridized carbons (Fsp3) is 0.389. The maximum Gasteiger partial charge on any atom is 0.307 e. The minimum atomic E-state index is -0.856. The molecule has 2 rings (SSSR count). The zero-order valence-electron chi connectivity index (χ0n) is 14.5. The van der Waals surface area contributed by atoms with Crippen molar-refractivity contribution in [3.05, 3.63) is 46.8 Å². The molecule has 2 N–H and O–H groups in total. The third-order valence-corrected chi connectivity index (χ3v) is 3.94. The molecule has 1 amide bonds. The number of hydrogen-bond acceptors (Lipinski definition) is 3. The molecule has 0 aliphatic carbocycles. The molecule has 0 radical (unpaired) electrons. The van der Waals surface area contributed by atoms with Crippen molar-refractivity contribution in [1.29, 1.82) is 0 Å². The number of amides is 1. The summed E-state index contributed by atoms with van der Waals surface area (Å²) in [5, 5.41) is 16.3. The average molecular weight is 329 g/mol. The van der Waals surface area contributed by atoms with Crippen LogP contribution in [-0.2, 0) is 22.6 Å². The topological polar surface area (TPSA) is 84.2 Å². The van der Waals surface area contributed by atoms with E-state index in [2.05, 4.69) is 10.4 Å². The van der Waals surface area contributed by atoms with E-state index in [4.69, 9.17) is 5.11 Å². The highest BCUT2D eigenvalue weighted by atomic mass is 16.4. The van der Waals surface area contributed by atoms with Crippen molar-refractivity contribution in [3.8, 4) is 0 Å². The van der Waals surface area contributed by atoms with Gasteiger partial charge in [0, 0.05) is 22.9 Å². The standard InChI is InChI=1S/C18H23N3O3/c1-11(2)18(24)19-15-7-5-14(6-8-15)10-21-13(4)16(9-17(22)23)12(3)20-21/h5-8,11H,9-10H2,1-4H3,(H,19,24)(H,22,23). The van der Waals surface area contributed by atoms with Crippen LogP contribution in [0.1, 0.15) is 36.4 Å². The smallest absolute Gasteiger partial charge is 0.307 e. The van der Waals surface area contributed by atoms with Crippen molar-refractivity contribution in [2.75, 3.05) is 5.32 Å². The number of aromatic nitrogens is 2. The van der Waals surface area contributed by atoms with Gasteiger partial charge in [0.15, 0.2) is 0 Å². The van der Waals surface area contributed by atoms with Crippen LogP contribution in [0.2, 0.25) is 0 Å². The molecule has 1 heterocycles. The number of anilines is 1. The second-order valence-electron chi connectivity index (χ2n) is 6.22. The van der Waals surface area contributed by atoms with Crippen molar-refractivity contribution in [2.45, 2.75) is 40.7 Å². The van der Waals surface area contributed by atoms with Crippen LogP contribution in [0.25, 0.3) is 0 Å². The summed E-state index contributed by atoms with van der Waals surface area (Å²) < 4.78 is 1.81. The zero-order chi connectivity index (χ0) is 17.9. The van der Waals surface area contributed by atoms with Gasteiger partial charge in [0.1, 0.15) is 0 Å². The highest BCUT2D eigenvalue weighted by Gasteiger charge is 2.14. The Morgan fingerprint density at radius 1 is 1.21 bits per heavy atom. The van der Waals surface area contributed by atoms with E-state index < -0.39 is 5.97 Å². The van der Waals surface area contributed by atoms with Crippen LogP contribution in [0.15, 0.2) is 24.3 Å². The maximum absolute atomic E-state index is 11.7. The Kier molecular flexibility index (Phi) is 5.39. The lowest BCUT2D eigenvalue weighted by Crippen LogP contribution is -2.17. The van der Waals surface area contributed by atoms with E-state index in [-0.39, 0.29) is 18.2 Å². The molecule has 0 saturated carbocycles. The minimum Gasteiger partial charge on any atom is -0.481 e. The van der Waals surface area contributed by atoms with Crippen LogP contribution in [-0.4, -0.2) is 26.8 Å². The number of benzene rings is 1. The van der Waals surface area contributed by atoms with Gasteiger partial charge in [0.05, 0.1) is 18.7 Å². The molecule has 24 heavy (non-hydrogen) atoms. The van der Waals surface area contributed by atoms with Crippen molar-refractivity contribution in [2.24, 2.45) is 5.92 Å². The van der Waals surface area contributed by atoms with E-state index in [0.29, 0.717) is 6.54 Å². The monoisotopic (exact) mass is 329 g/mol. The van der Waals surface area contributed by atoms with Crippen molar-refractivity contribution in [1.82, 2.24) is 9.78 Å². The van der Waals surface area contributed by atoms with Gasteiger partial charge in [-0.2, -0.15) is 5.10 Å². The van der Waals surface area contributed by atoms with Gasteiger partial charge in [-0.15, -0.1) is 0 Å². The van der Waals surface area contributed by atoms with Crippen LogP contribution in [0, 0.1) is 19.8 Å². The van der Waals surface area contributed by atoms with Gasteiger partial charge >= 0.3 is 5.97 Å². The summed E-state index contributed by atoms with van der Waals surface area (Å²) in [4.78, 5) is 22.6. The van der Waals surface area contributed by atoms with E-state index >= 15 is 0 Å². The average Bonchev–Trinajstić information content (AvgIpc) is 2.76. The molecule has 1 aromatic carbocycles. The first-order valence-corrected chi connectivity index (χ1v) is 7.92. The first-order valence-electron chi connectivity index (χ1n) is 7.92. The predicted octanol–water partition coefficient (Wildman–Crippen LogP) is 2.77. The van der Waals surface area contributed by atoms with E-state index in [0.717, 1.165) is 28.2 Å². The summed E-state index contributed by atoms with van der Waals surface area (Å²) in [6.45, 7) is 7.97. The Balaban J connectivity index is 2.12. The molecular formula is C18H23N3O3. The van der Waals surface area contributed by atoms with Gasteiger partial charge in [-0.1, -0.05) is 26.0 Å². The summed E-state index contributed by atoms with van der Waals surface area (Å²) in [5.41, 5.74) is 4.17. The number of nitrogens with one attached hydrogen (secondary N) is 1. The summed E-state index contributed by atoms with van der Waals surface area (Å²) >= 11 is 0. The van der Waals surface area contributed by atoms with Crippen LogP contribution < -0.4 is 5.32 Å². The molecule has 1 aromatic heterocycles. The Morgan fingerprint density at radius 3 is 2.38 bits per heavy atom. The van der Waals surface area contributed by atoms with Crippen molar-refractivity contribution >= 4 is 17.6 Å². The summed E-state index contributed by atoms with van der Waals surface area (Å²) in [7, 11) is 0. The van der Waals surface area contributed by atoms with Crippen molar-refractivity contribution in [3.63, 3.8) is 0 Å². The molecule has 0 fully saturated rings. The molecular weight excluding hydrogens is 306 g/mol. The number of nitrogens with zero attached hydrogens (tertiary/aromatic N) is 2. The fourth-order valence-corrected chi connectivity index (χ4v) is 2.45. The number of carbonyl (C=O) groups is 2. The van der Waals surface area contributed by atoms with Gasteiger partial charge in [-0.05, 0) is 31.5 Å². The first kappa shape index (κ1) is 17.7. The van der Waals surface area contributed by atoms with Gasteiger partial charge in [-0.3, -0.25) is 14.3 Å². The molecule has 0 aliphatic rings. The van der Waals surface area contributed by atoms with Crippen LogP contribution >= 0.6 is 0 Å². The molecule has 128 valence electrons. The highest BCUT2D eigenvalue weighted by Crippen LogP contribution is 2.17. The highest BCUT2D eigenvalue weighted by molar-refractivity contribution is 5.92. The Morgan fingerprint density at radius 2 is 1.83 bits per heavy atom. The zero-order valence-corrected chi connectivity index (χ0v) is 14.5. The molecule has 0 saturated heterocycles. The van der Waals surface area contributed by atoms with Crippen LogP contribution in [0.3, 0.4) is 0 Å². The molecule has 0 bridgehead atoms. The Labute approximate surface area is 141 Å². The quantitative estimate of drug-likeness (QED) is 0.853. The van der Waals surface area contributed by atoms with Crippen molar-refractivity contribution < 1.29 is 14.7 Å². The normalized spacial score (nSPS) is 10.9. The SMILES string of the molecule is Cc1nn(Cc2ccc(NC(=O)C(C)C)cc2)c(C)c1CC(=O)O. The van der Waals surface area contributed by atoms with E-state index in [1.807, 2.05) is 56.6 Å². The number of hydrogen-bond donors (Lipinski definition) is 2. The minimum absolute atomic E-state index is 0.0143. The molecule has 0 atom stereocenters. The molecule has 0 aliphatic heterocycles. The fourth-order valence-electron chi connectivity index (χ4n) is 2.45. The lowest BCUT2D eigenvalue weighted by Gasteiger charge is -2.09. The van der Waals surface area contributed by atoms with Gasteiger partial charge in [0.25, 0.3) is 0 Å². The Hall–Kier alpha value is -2.63. The van der Waals surface area contributed by atoms with Gasteiger partial charge in [-0.25, -0.2) is 0 Å². The maximum atomic E-state index is 11.7. The lowest BCUT2D eigenvalue weighted by molar-refractivity contribution is -0.136. The van der Waals surface area contributed by atoms with Gasteiger partial charge < -0.3 is 10.4 Å². The van der Waals surface area contributed by atoms with Gasteiger partial charge in [0.2, 0.25) is 5.91 Å². The summed E-state index contributed by atoms with van der Waals surface area (Å²) in [5.74, 6) is -0.933. The number of rotatable bonds is 6. The first-order chi connectivity index (χ1) is 11.3. The van der Waals surface area contributed by atoms with Crippen LogP contribution in [0.5, 0.6) is 0 Å². The molecule has 2 aromatic rings. The van der Waals surface area contributed by atoms with Crippen LogP contribution in [0.4, 0.5) is 5.69 Å². The summed E-state index contributed by atoms with van der Waals surface area (Å²) in [6, 6.07) is 7.59. The molecule has 6 nitrogen and oxygen atoms in total. The van der Waals surface area contributed by atoms with E-state index in [1.165, 1.54) is 0 Å². The third kappa shape index (κ3) is 4.22. The number of aryl methyl sites for hydroxylation is 1. The lowest BCUT2D eigenvalue weighted by atomic mass is 10.1. The predicted molar refractivity (Wildman–Crippen MR) is 92.1 cm³/mol. The second kappa shape index (κ2) is 7.29. The van der Waals surface area contributed by atoms with E-state index in [1.54, 1.807) is 0 Å². The molecule has 6 heteroatoms. The number of aliphatic carboxylic acids is 1.